The summed E-state index contributed by atoms with van der Waals surface area (Å²) in [5.74, 6) is 0. The average molecular weight is 289 g/mol. The van der Waals surface area contributed by atoms with Gasteiger partial charge in [-0.2, -0.15) is 0 Å². The Morgan fingerprint density at radius 1 is 0.750 bits per heavy atom. The van der Waals surface area contributed by atoms with Gasteiger partial charge in [-0.1, -0.05) is 81.7 Å². The number of hydrogen-bond acceptors (Lipinski definition) is 2. The van der Waals surface area contributed by atoms with Gasteiger partial charge in [-0.15, -0.1) is 0 Å². The van der Waals surface area contributed by atoms with E-state index >= 15 is 0 Å². The lowest BCUT2D eigenvalue weighted by atomic mass is 9.97. The van der Waals surface area contributed by atoms with Crippen LogP contribution in [0.1, 0.15) is 70.6 Å². The van der Waals surface area contributed by atoms with Gasteiger partial charge in [-0.05, 0) is 25.0 Å². The van der Waals surface area contributed by atoms with E-state index in [0.717, 1.165) is 0 Å². The summed E-state index contributed by atoms with van der Waals surface area (Å²) >= 11 is 2.10. The molecule has 0 atom stereocenters. The number of hydrogen-bond donors (Lipinski definition) is 1. The Labute approximate surface area is 127 Å². The summed E-state index contributed by atoms with van der Waals surface area (Å²) in [6, 6.07) is 8.84. The van der Waals surface area contributed by atoms with Gasteiger partial charge in [-0.25, -0.2) is 0 Å². The Balaban J connectivity index is 1.66. The largest absolute Gasteiger partial charge is 0.369 e. The minimum Gasteiger partial charge on any atom is -0.369 e. The van der Waals surface area contributed by atoms with Crippen LogP contribution in [0.25, 0.3) is 0 Å². The van der Waals surface area contributed by atoms with Crippen LogP contribution >= 0.6 is 11.8 Å². The molecule has 1 fully saturated rings. The maximum absolute atomic E-state index is 3.86. The molecule has 1 aromatic carbocycles. The van der Waals surface area contributed by atoms with Gasteiger partial charge in [0.2, 0.25) is 0 Å². The van der Waals surface area contributed by atoms with Gasteiger partial charge >= 0.3 is 0 Å². The molecule has 2 aliphatic rings. The maximum Gasteiger partial charge on any atom is 0.0880 e. The van der Waals surface area contributed by atoms with Crippen LogP contribution in [-0.2, 0) is 0 Å². The third kappa shape index (κ3) is 3.52. The van der Waals surface area contributed by atoms with E-state index in [4.69, 9.17) is 0 Å². The number of rotatable bonds is 0. The lowest BCUT2D eigenvalue weighted by Crippen LogP contribution is -2.31. The summed E-state index contributed by atoms with van der Waals surface area (Å²) in [4.78, 5) is 1.75. The van der Waals surface area contributed by atoms with Crippen molar-refractivity contribution in [3.05, 3.63) is 24.3 Å². The fourth-order valence-electron chi connectivity index (χ4n) is 3.55. The topological polar surface area (TPSA) is 12.0 Å². The molecule has 3 rings (SSSR count). The highest BCUT2D eigenvalue weighted by molar-refractivity contribution is 8.01. The molecule has 0 aromatic heterocycles. The first-order valence-corrected chi connectivity index (χ1v) is 9.26. The molecular weight excluding hydrogens is 262 g/mol. The summed E-state index contributed by atoms with van der Waals surface area (Å²) < 4.78 is 0. The van der Waals surface area contributed by atoms with E-state index in [1.54, 1.807) is 0 Å². The molecule has 1 spiro atoms. The number of benzene rings is 1. The number of anilines is 1. The Morgan fingerprint density at radius 2 is 1.30 bits per heavy atom. The first kappa shape index (κ1) is 14.3. The van der Waals surface area contributed by atoms with Crippen molar-refractivity contribution in [2.75, 3.05) is 5.32 Å². The number of fused-ring (bicyclic) bond motifs is 1. The van der Waals surface area contributed by atoms with Gasteiger partial charge in [0.15, 0.2) is 0 Å². The monoisotopic (exact) mass is 289 g/mol. The second kappa shape index (κ2) is 6.89. The summed E-state index contributed by atoms with van der Waals surface area (Å²) in [5.41, 5.74) is 1.37. The van der Waals surface area contributed by atoms with Crippen molar-refractivity contribution in [3.63, 3.8) is 0 Å². The highest BCUT2D eigenvalue weighted by Crippen LogP contribution is 2.50. The molecule has 1 aliphatic carbocycles. The standard InChI is InChI=1S/C18H27NS/c1-2-4-6-10-14-18(15-11-7-5-3-1)19-16-12-8-9-13-17(16)20-18/h8-9,12-13,19H,1-7,10-11,14-15H2. The van der Waals surface area contributed by atoms with Crippen LogP contribution in [0.5, 0.6) is 0 Å². The van der Waals surface area contributed by atoms with Crippen LogP contribution < -0.4 is 5.32 Å². The quantitative estimate of drug-likeness (QED) is 0.609. The summed E-state index contributed by atoms with van der Waals surface area (Å²) in [6.45, 7) is 0. The molecule has 1 aromatic rings. The smallest absolute Gasteiger partial charge is 0.0880 e. The molecule has 1 N–H and O–H groups in total. The molecule has 0 saturated heterocycles. The van der Waals surface area contributed by atoms with Gasteiger partial charge in [-0.3, -0.25) is 0 Å². The van der Waals surface area contributed by atoms with Crippen LogP contribution in [0, 0.1) is 0 Å². The van der Waals surface area contributed by atoms with E-state index in [1.165, 1.54) is 81.2 Å². The highest BCUT2D eigenvalue weighted by atomic mass is 32.2. The van der Waals surface area contributed by atoms with Crippen molar-refractivity contribution in [2.24, 2.45) is 0 Å². The SMILES string of the molecule is c1ccc2c(c1)NC1(CCCCCCCCCCC1)S2. The summed E-state index contributed by atoms with van der Waals surface area (Å²) in [7, 11) is 0. The molecule has 110 valence electrons. The lowest BCUT2D eigenvalue weighted by molar-refractivity contribution is 0.460. The van der Waals surface area contributed by atoms with Crippen molar-refractivity contribution in [2.45, 2.75) is 80.4 Å². The van der Waals surface area contributed by atoms with Crippen molar-refractivity contribution in [1.82, 2.24) is 0 Å². The minimum absolute atomic E-state index is 0.295. The van der Waals surface area contributed by atoms with E-state index in [1.807, 2.05) is 0 Å². The Kier molecular flexibility index (Phi) is 4.93. The van der Waals surface area contributed by atoms with Crippen molar-refractivity contribution < 1.29 is 0 Å². The first-order chi connectivity index (χ1) is 9.88. The van der Waals surface area contributed by atoms with Crippen molar-refractivity contribution in [1.29, 1.82) is 0 Å². The maximum atomic E-state index is 3.86. The molecular formula is C18H27NS. The van der Waals surface area contributed by atoms with Crippen molar-refractivity contribution >= 4 is 17.4 Å². The molecule has 1 heterocycles. The van der Waals surface area contributed by atoms with E-state index in [2.05, 4.69) is 41.3 Å². The van der Waals surface area contributed by atoms with Gasteiger partial charge < -0.3 is 5.32 Å². The molecule has 20 heavy (non-hydrogen) atoms. The number of nitrogens with one attached hydrogen (secondary N) is 1. The predicted octanol–water partition coefficient (Wildman–Crippen LogP) is 6.21. The van der Waals surface area contributed by atoms with Crippen LogP contribution in [0.3, 0.4) is 0 Å². The molecule has 0 radical (unpaired) electrons. The third-order valence-electron chi connectivity index (χ3n) is 4.72. The summed E-state index contributed by atoms with van der Waals surface area (Å²) in [6.07, 6.45) is 15.5. The third-order valence-corrected chi connectivity index (χ3v) is 6.19. The van der Waals surface area contributed by atoms with Gasteiger partial charge in [0.25, 0.3) is 0 Å². The fraction of sp³-hybridized carbons (Fsp3) is 0.667. The predicted molar refractivity (Wildman–Crippen MR) is 89.4 cm³/mol. The molecule has 1 nitrogen and oxygen atoms in total. The van der Waals surface area contributed by atoms with E-state index in [0.29, 0.717) is 4.87 Å². The number of thioether (sulfide) groups is 1. The fourth-order valence-corrected chi connectivity index (χ4v) is 5.00. The van der Waals surface area contributed by atoms with Gasteiger partial charge in [0.1, 0.15) is 0 Å². The Hall–Kier alpha value is -0.630. The molecule has 1 saturated carbocycles. The zero-order valence-electron chi connectivity index (χ0n) is 12.5. The first-order valence-electron chi connectivity index (χ1n) is 8.44. The second-order valence-electron chi connectivity index (χ2n) is 6.40. The molecule has 0 amide bonds. The lowest BCUT2D eigenvalue weighted by Gasteiger charge is -2.30. The summed E-state index contributed by atoms with van der Waals surface area (Å²) in [5, 5.41) is 3.86. The normalized spacial score (nSPS) is 23.4. The molecule has 0 bridgehead atoms. The highest BCUT2D eigenvalue weighted by Gasteiger charge is 2.36. The molecule has 1 aliphatic heterocycles. The van der Waals surface area contributed by atoms with Gasteiger partial charge in [0, 0.05) is 10.6 Å². The van der Waals surface area contributed by atoms with Gasteiger partial charge in [0.05, 0.1) is 4.87 Å². The minimum atomic E-state index is 0.295. The average Bonchev–Trinajstić information content (AvgIpc) is 2.81. The zero-order valence-corrected chi connectivity index (χ0v) is 13.3. The molecule has 0 unspecified atom stereocenters. The molecule has 2 heteroatoms. The van der Waals surface area contributed by atoms with Crippen molar-refractivity contribution in [3.8, 4) is 0 Å². The second-order valence-corrected chi connectivity index (χ2v) is 7.82. The van der Waals surface area contributed by atoms with E-state index < -0.39 is 0 Å². The van der Waals surface area contributed by atoms with Crippen LogP contribution in [-0.4, -0.2) is 4.87 Å². The Morgan fingerprint density at radius 3 is 1.90 bits per heavy atom. The van der Waals surface area contributed by atoms with E-state index in [-0.39, 0.29) is 0 Å². The zero-order chi connectivity index (χ0) is 13.7. The van der Waals surface area contributed by atoms with Crippen LogP contribution in [0.2, 0.25) is 0 Å². The number of para-hydroxylation sites is 1. The van der Waals surface area contributed by atoms with Crippen LogP contribution in [0.4, 0.5) is 5.69 Å². The Bertz CT molecular complexity index is 390. The van der Waals surface area contributed by atoms with Crippen LogP contribution in [0.15, 0.2) is 29.2 Å². The van der Waals surface area contributed by atoms with E-state index in [9.17, 15) is 0 Å².